The molecule has 1 amide bonds. The molecule has 0 fully saturated rings. The van der Waals surface area contributed by atoms with Gasteiger partial charge < -0.3 is 14.8 Å². The Labute approximate surface area is 186 Å². The van der Waals surface area contributed by atoms with Gasteiger partial charge in [-0.2, -0.15) is 0 Å². The van der Waals surface area contributed by atoms with Crippen molar-refractivity contribution in [3.63, 3.8) is 0 Å². The van der Waals surface area contributed by atoms with Crippen molar-refractivity contribution in [2.45, 2.75) is 11.8 Å². The van der Waals surface area contributed by atoms with Gasteiger partial charge >= 0.3 is 0 Å². The van der Waals surface area contributed by atoms with Gasteiger partial charge in [0.05, 0.1) is 24.3 Å². The van der Waals surface area contributed by atoms with E-state index in [-0.39, 0.29) is 16.3 Å². The summed E-state index contributed by atoms with van der Waals surface area (Å²) < 4.78 is 51.7. The van der Waals surface area contributed by atoms with E-state index in [2.05, 4.69) is 5.32 Å². The summed E-state index contributed by atoms with van der Waals surface area (Å²) in [4.78, 5) is 12.6. The van der Waals surface area contributed by atoms with Crippen LogP contribution >= 0.6 is 0 Å². The molecule has 32 heavy (non-hydrogen) atoms. The molecule has 0 aromatic heterocycles. The predicted molar refractivity (Wildman–Crippen MR) is 120 cm³/mol. The number of sulfonamides is 1. The van der Waals surface area contributed by atoms with Crippen LogP contribution in [0.2, 0.25) is 0 Å². The summed E-state index contributed by atoms with van der Waals surface area (Å²) in [5, 5.41) is 2.68. The maximum atomic E-state index is 13.4. The van der Waals surface area contributed by atoms with Crippen LogP contribution in [0.1, 0.15) is 6.92 Å². The van der Waals surface area contributed by atoms with Crippen LogP contribution in [0.4, 0.5) is 15.8 Å². The minimum Gasteiger partial charge on any atom is -0.495 e. The molecule has 0 bridgehead atoms. The van der Waals surface area contributed by atoms with Gasteiger partial charge in [-0.25, -0.2) is 12.8 Å². The summed E-state index contributed by atoms with van der Waals surface area (Å²) in [5.74, 6) is -0.209. The second-order valence-electron chi connectivity index (χ2n) is 6.64. The van der Waals surface area contributed by atoms with Crippen molar-refractivity contribution in [2.24, 2.45) is 0 Å². The van der Waals surface area contributed by atoms with Gasteiger partial charge in [0.25, 0.3) is 10.0 Å². The molecule has 1 N–H and O–H groups in total. The van der Waals surface area contributed by atoms with Gasteiger partial charge in [0.1, 0.15) is 23.9 Å². The molecule has 0 saturated heterocycles. The van der Waals surface area contributed by atoms with Crippen LogP contribution in [-0.2, 0) is 14.8 Å². The van der Waals surface area contributed by atoms with Crippen molar-refractivity contribution in [3.8, 4) is 11.5 Å². The van der Waals surface area contributed by atoms with E-state index in [1.807, 2.05) is 6.92 Å². The fraction of sp³-hybridized carbons (Fsp3) is 0.174. The number of carbonyl (C=O) groups is 1. The maximum absolute atomic E-state index is 13.4. The number of para-hydroxylation sites is 2. The van der Waals surface area contributed by atoms with Gasteiger partial charge in [-0.3, -0.25) is 9.10 Å². The van der Waals surface area contributed by atoms with Gasteiger partial charge in [-0.15, -0.1) is 0 Å². The molecule has 0 unspecified atom stereocenters. The first kappa shape index (κ1) is 23.1. The summed E-state index contributed by atoms with van der Waals surface area (Å²) >= 11 is 0. The number of rotatable bonds is 9. The third-order valence-corrected chi connectivity index (χ3v) is 6.27. The molecule has 168 valence electrons. The van der Waals surface area contributed by atoms with Crippen molar-refractivity contribution in [3.05, 3.63) is 78.6 Å². The topological polar surface area (TPSA) is 84.9 Å². The number of benzene rings is 3. The number of carbonyl (C=O) groups excluding carboxylic acids is 1. The fourth-order valence-electron chi connectivity index (χ4n) is 3.00. The maximum Gasteiger partial charge on any atom is 0.264 e. The zero-order valence-electron chi connectivity index (χ0n) is 17.6. The van der Waals surface area contributed by atoms with E-state index in [4.69, 9.17) is 9.47 Å². The molecule has 0 atom stereocenters. The van der Waals surface area contributed by atoms with Gasteiger partial charge in [0.15, 0.2) is 0 Å². The number of amides is 1. The van der Waals surface area contributed by atoms with Crippen molar-refractivity contribution in [1.82, 2.24) is 0 Å². The number of hydrogen-bond acceptors (Lipinski definition) is 5. The molecule has 0 radical (unpaired) electrons. The number of ether oxygens (including phenoxy) is 2. The fourth-order valence-corrected chi connectivity index (χ4v) is 4.43. The van der Waals surface area contributed by atoms with Crippen LogP contribution < -0.4 is 19.1 Å². The van der Waals surface area contributed by atoms with Gasteiger partial charge in [-0.05, 0) is 67.6 Å². The van der Waals surface area contributed by atoms with Crippen molar-refractivity contribution < 1.29 is 27.1 Å². The molecule has 9 heteroatoms. The monoisotopic (exact) mass is 458 g/mol. The highest BCUT2D eigenvalue weighted by molar-refractivity contribution is 7.92. The lowest BCUT2D eigenvalue weighted by molar-refractivity contribution is -0.114. The second-order valence-corrected chi connectivity index (χ2v) is 8.51. The van der Waals surface area contributed by atoms with Crippen molar-refractivity contribution >= 4 is 27.3 Å². The normalized spacial score (nSPS) is 11.0. The molecular formula is C23H23FN2O5S. The first-order valence-electron chi connectivity index (χ1n) is 9.79. The van der Waals surface area contributed by atoms with Crippen molar-refractivity contribution in [2.75, 3.05) is 29.9 Å². The lowest BCUT2D eigenvalue weighted by Crippen LogP contribution is -2.38. The summed E-state index contributed by atoms with van der Waals surface area (Å²) in [6, 6.07) is 17.6. The Bertz CT molecular complexity index is 1170. The minimum atomic E-state index is -4.20. The van der Waals surface area contributed by atoms with E-state index in [1.165, 1.54) is 13.2 Å². The van der Waals surface area contributed by atoms with Crippen molar-refractivity contribution in [1.29, 1.82) is 0 Å². The molecule has 0 aliphatic heterocycles. The quantitative estimate of drug-likeness (QED) is 0.523. The average Bonchev–Trinajstić information content (AvgIpc) is 2.79. The zero-order valence-corrected chi connectivity index (χ0v) is 18.4. The third kappa shape index (κ3) is 5.36. The first-order chi connectivity index (χ1) is 15.3. The summed E-state index contributed by atoms with van der Waals surface area (Å²) in [6.07, 6.45) is 0. The molecule has 0 aliphatic rings. The van der Waals surface area contributed by atoms with E-state index < -0.39 is 28.3 Å². The molecule has 3 aromatic carbocycles. The number of nitrogens with zero attached hydrogens (tertiary/aromatic N) is 1. The molecule has 0 aliphatic carbocycles. The Morgan fingerprint density at radius 3 is 2.28 bits per heavy atom. The van der Waals surface area contributed by atoms with E-state index in [0.717, 1.165) is 28.6 Å². The predicted octanol–water partition coefficient (Wildman–Crippen LogP) is 4.07. The van der Waals surface area contributed by atoms with Gasteiger partial charge in [0.2, 0.25) is 5.91 Å². The van der Waals surface area contributed by atoms with Crippen LogP contribution in [0.25, 0.3) is 0 Å². The third-order valence-electron chi connectivity index (χ3n) is 4.49. The number of halogens is 1. The zero-order chi connectivity index (χ0) is 23.1. The molecule has 3 aromatic rings. The van der Waals surface area contributed by atoms with E-state index >= 15 is 0 Å². The number of hydrogen-bond donors (Lipinski definition) is 1. The first-order valence-corrected chi connectivity index (χ1v) is 11.2. The number of nitrogens with one attached hydrogen (secondary N) is 1. The van der Waals surface area contributed by atoms with E-state index in [9.17, 15) is 17.6 Å². The molecule has 0 saturated carbocycles. The van der Waals surface area contributed by atoms with Crippen LogP contribution in [-0.4, -0.2) is 34.6 Å². The van der Waals surface area contributed by atoms with E-state index in [1.54, 1.807) is 42.5 Å². The highest BCUT2D eigenvalue weighted by atomic mass is 32.2. The van der Waals surface area contributed by atoms with Crippen LogP contribution in [0.15, 0.2) is 77.7 Å². The SMILES string of the molecule is CCOc1ccc(NC(=O)CN(c2ccccc2OC)S(=O)(=O)c2ccc(F)cc2)cc1. The standard InChI is InChI=1S/C23H23FN2O5S/c1-3-31-19-12-10-18(11-13-19)25-23(27)16-26(21-6-4-5-7-22(21)30-2)32(28,29)20-14-8-17(24)9-15-20/h4-15H,3,16H2,1-2H3,(H,25,27). The average molecular weight is 459 g/mol. The molecule has 7 nitrogen and oxygen atoms in total. The molecule has 0 spiro atoms. The molecule has 3 rings (SSSR count). The Morgan fingerprint density at radius 2 is 1.66 bits per heavy atom. The largest absolute Gasteiger partial charge is 0.495 e. The Hall–Kier alpha value is -3.59. The Morgan fingerprint density at radius 1 is 1.00 bits per heavy atom. The van der Waals surface area contributed by atoms with Gasteiger partial charge in [0, 0.05) is 5.69 Å². The Kier molecular flexibility index (Phi) is 7.32. The second kappa shape index (κ2) is 10.1. The number of methoxy groups -OCH3 is 1. The van der Waals surface area contributed by atoms with Crippen LogP contribution in [0.3, 0.4) is 0 Å². The highest BCUT2D eigenvalue weighted by Gasteiger charge is 2.29. The minimum absolute atomic E-state index is 0.154. The lowest BCUT2D eigenvalue weighted by Gasteiger charge is -2.25. The summed E-state index contributed by atoms with van der Waals surface area (Å²) in [7, 11) is -2.79. The summed E-state index contributed by atoms with van der Waals surface area (Å²) in [5.41, 5.74) is 0.666. The number of anilines is 2. The summed E-state index contributed by atoms with van der Waals surface area (Å²) in [6.45, 7) is 1.86. The molecular weight excluding hydrogens is 435 g/mol. The molecule has 0 heterocycles. The Balaban J connectivity index is 1.92. The van der Waals surface area contributed by atoms with Gasteiger partial charge in [-0.1, -0.05) is 12.1 Å². The smallest absolute Gasteiger partial charge is 0.264 e. The van der Waals surface area contributed by atoms with E-state index in [0.29, 0.717) is 18.0 Å². The lowest BCUT2D eigenvalue weighted by atomic mass is 10.3. The van der Waals surface area contributed by atoms with Crippen LogP contribution in [0.5, 0.6) is 11.5 Å². The van der Waals surface area contributed by atoms with Crippen LogP contribution in [0, 0.1) is 5.82 Å². The highest BCUT2D eigenvalue weighted by Crippen LogP contribution is 2.32.